The Bertz CT molecular complexity index is 733. The third-order valence-corrected chi connectivity index (χ3v) is 4.84. The lowest BCUT2D eigenvalue weighted by atomic mass is 10.1. The lowest BCUT2D eigenvalue weighted by molar-refractivity contribution is 0.520. The van der Waals surface area contributed by atoms with Crippen LogP contribution in [-0.2, 0) is 22.0 Å². The van der Waals surface area contributed by atoms with E-state index in [9.17, 15) is 17.2 Å². The molecule has 0 unspecified atom stereocenters. The third kappa shape index (κ3) is 3.39. The van der Waals surface area contributed by atoms with Gasteiger partial charge in [-0.15, -0.1) is 0 Å². The molecule has 2 N–H and O–H groups in total. The Morgan fingerprint density at radius 1 is 1.00 bits per heavy atom. The van der Waals surface area contributed by atoms with E-state index in [-0.39, 0.29) is 5.69 Å². The van der Waals surface area contributed by atoms with E-state index in [4.69, 9.17) is 5.73 Å². The van der Waals surface area contributed by atoms with Gasteiger partial charge in [-0.25, -0.2) is 17.2 Å². The predicted octanol–water partition coefficient (Wildman–Crippen LogP) is 3.08. The fourth-order valence-corrected chi connectivity index (χ4v) is 3.53. The Labute approximate surface area is 122 Å². The lowest BCUT2D eigenvalue weighted by Gasteiger charge is -2.08. The minimum absolute atomic E-state index is 0.156. The molecule has 2 rings (SSSR count). The van der Waals surface area contributed by atoms with Crippen molar-refractivity contribution in [2.75, 3.05) is 5.73 Å². The molecule has 0 saturated heterocycles. The van der Waals surface area contributed by atoms with Crippen LogP contribution in [0.15, 0.2) is 41.3 Å². The number of hydrogen-bond acceptors (Lipinski definition) is 3. The molecule has 21 heavy (non-hydrogen) atoms. The van der Waals surface area contributed by atoms with E-state index in [0.29, 0.717) is 5.56 Å². The first-order valence-electron chi connectivity index (χ1n) is 6.38. The fourth-order valence-electron chi connectivity index (χ4n) is 2.04. The van der Waals surface area contributed by atoms with Crippen LogP contribution < -0.4 is 5.73 Å². The van der Waals surface area contributed by atoms with Gasteiger partial charge in [-0.1, -0.05) is 31.2 Å². The van der Waals surface area contributed by atoms with Crippen molar-refractivity contribution in [3.05, 3.63) is 59.2 Å². The second-order valence-electron chi connectivity index (χ2n) is 4.74. The highest BCUT2D eigenvalue weighted by atomic mass is 32.2. The summed E-state index contributed by atoms with van der Waals surface area (Å²) in [5, 5.41) is 0. The van der Waals surface area contributed by atoms with Crippen molar-refractivity contribution < 1.29 is 17.2 Å². The Morgan fingerprint density at radius 2 is 1.48 bits per heavy atom. The van der Waals surface area contributed by atoms with E-state index in [1.165, 1.54) is 0 Å². The maximum absolute atomic E-state index is 13.7. The Kier molecular flexibility index (Phi) is 4.27. The van der Waals surface area contributed by atoms with Crippen molar-refractivity contribution in [2.24, 2.45) is 0 Å². The zero-order valence-corrected chi connectivity index (χ0v) is 12.3. The summed E-state index contributed by atoms with van der Waals surface area (Å²) >= 11 is 0. The van der Waals surface area contributed by atoms with Crippen molar-refractivity contribution in [1.29, 1.82) is 0 Å². The summed E-state index contributed by atoms with van der Waals surface area (Å²) in [4.78, 5) is -0.934. The minimum Gasteiger partial charge on any atom is -0.399 e. The van der Waals surface area contributed by atoms with E-state index in [1.807, 2.05) is 6.92 Å². The molecule has 6 heteroatoms. The highest BCUT2D eigenvalue weighted by molar-refractivity contribution is 7.90. The van der Waals surface area contributed by atoms with Crippen molar-refractivity contribution in [3.8, 4) is 0 Å². The summed E-state index contributed by atoms with van der Waals surface area (Å²) in [6.07, 6.45) is 0.828. The molecule has 2 aromatic carbocycles. The third-order valence-electron chi connectivity index (χ3n) is 3.12. The normalized spacial score (nSPS) is 11.6. The first kappa shape index (κ1) is 15.4. The summed E-state index contributed by atoms with van der Waals surface area (Å²) in [7, 11) is -4.12. The second-order valence-corrected chi connectivity index (χ2v) is 6.67. The van der Waals surface area contributed by atoms with Crippen LogP contribution in [0.25, 0.3) is 0 Å². The summed E-state index contributed by atoms with van der Waals surface area (Å²) in [6, 6.07) is 8.47. The molecule has 0 heterocycles. The van der Waals surface area contributed by atoms with Gasteiger partial charge in [0.25, 0.3) is 0 Å². The molecular weight excluding hydrogens is 296 g/mol. The molecule has 0 radical (unpaired) electrons. The topological polar surface area (TPSA) is 60.2 Å². The van der Waals surface area contributed by atoms with Crippen LogP contribution in [0.2, 0.25) is 0 Å². The zero-order valence-electron chi connectivity index (χ0n) is 11.4. The molecule has 0 aromatic heterocycles. The van der Waals surface area contributed by atoms with Crippen LogP contribution in [0.4, 0.5) is 14.5 Å². The van der Waals surface area contributed by atoms with Gasteiger partial charge in [-0.05, 0) is 29.7 Å². The largest absolute Gasteiger partial charge is 0.399 e. The fraction of sp³-hybridized carbons (Fsp3) is 0.200. The van der Waals surface area contributed by atoms with Gasteiger partial charge in [0.15, 0.2) is 9.84 Å². The SMILES string of the molecule is CCc1ccc(CS(=O)(=O)c2c(F)cc(N)cc2F)cc1. The van der Waals surface area contributed by atoms with Crippen LogP contribution in [0.3, 0.4) is 0 Å². The number of hydrogen-bond donors (Lipinski definition) is 1. The number of nitrogens with two attached hydrogens (primary N) is 1. The average Bonchev–Trinajstić information content (AvgIpc) is 2.37. The lowest BCUT2D eigenvalue weighted by Crippen LogP contribution is -2.10. The van der Waals surface area contributed by atoms with Gasteiger partial charge >= 0.3 is 0 Å². The molecule has 3 nitrogen and oxygen atoms in total. The molecule has 112 valence electrons. The van der Waals surface area contributed by atoms with E-state index in [1.54, 1.807) is 24.3 Å². The van der Waals surface area contributed by atoms with Gasteiger partial charge in [-0.2, -0.15) is 0 Å². The summed E-state index contributed by atoms with van der Waals surface area (Å²) < 4.78 is 51.8. The molecule has 0 saturated carbocycles. The maximum atomic E-state index is 13.7. The first-order chi connectivity index (χ1) is 9.83. The number of aryl methyl sites for hydroxylation is 1. The van der Waals surface area contributed by atoms with E-state index in [0.717, 1.165) is 24.1 Å². The number of anilines is 1. The predicted molar refractivity (Wildman–Crippen MR) is 77.5 cm³/mol. The minimum atomic E-state index is -4.12. The van der Waals surface area contributed by atoms with Crippen LogP contribution in [-0.4, -0.2) is 8.42 Å². The number of benzene rings is 2. The molecular formula is C15H15F2NO2S. The highest BCUT2D eigenvalue weighted by Crippen LogP contribution is 2.25. The molecule has 2 aromatic rings. The van der Waals surface area contributed by atoms with Crippen molar-refractivity contribution in [3.63, 3.8) is 0 Å². The average molecular weight is 311 g/mol. The molecule has 0 aliphatic rings. The van der Waals surface area contributed by atoms with Crippen molar-refractivity contribution >= 4 is 15.5 Å². The van der Waals surface area contributed by atoms with Gasteiger partial charge in [0, 0.05) is 5.69 Å². The maximum Gasteiger partial charge on any atom is 0.188 e. The van der Waals surface area contributed by atoms with E-state index in [2.05, 4.69) is 0 Å². The van der Waals surface area contributed by atoms with Crippen molar-refractivity contribution in [1.82, 2.24) is 0 Å². The van der Waals surface area contributed by atoms with Crippen LogP contribution in [0, 0.1) is 11.6 Å². The first-order valence-corrected chi connectivity index (χ1v) is 8.04. The highest BCUT2D eigenvalue weighted by Gasteiger charge is 2.25. The van der Waals surface area contributed by atoms with Gasteiger partial charge < -0.3 is 5.73 Å². The smallest absolute Gasteiger partial charge is 0.188 e. The molecule has 0 aliphatic heterocycles. The Balaban J connectivity index is 2.38. The number of sulfone groups is 1. The molecule has 0 bridgehead atoms. The number of halogens is 2. The summed E-state index contributed by atoms with van der Waals surface area (Å²) in [6.45, 7) is 1.98. The van der Waals surface area contributed by atoms with Gasteiger partial charge in [0.1, 0.15) is 16.5 Å². The number of nitrogen functional groups attached to an aromatic ring is 1. The monoisotopic (exact) mass is 311 g/mol. The van der Waals surface area contributed by atoms with E-state index < -0.39 is 32.1 Å². The molecule has 0 fully saturated rings. The Hall–Kier alpha value is -1.95. The quantitative estimate of drug-likeness (QED) is 0.883. The Morgan fingerprint density at radius 3 is 1.95 bits per heavy atom. The summed E-state index contributed by atoms with van der Waals surface area (Å²) in [5.74, 6) is -2.80. The number of rotatable bonds is 4. The molecule has 0 amide bonds. The van der Waals surface area contributed by atoms with E-state index >= 15 is 0 Å². The molecule has 0 atom stereocenters. The van der Waals surface area contributed by atoms with Gasteiger partial charge in [0.2, 0.25) is 0 Å². The van der Waals surface area contributed by atoms with Crippen LogP contribution in [0.1, 0.15) is 18.1 Å². The second kappa shape index (κ2) is 5.81. The summed E-state index contributed by atoms with van der Waals surface area (Å²) in [5.41, 5.74) is 6.66. The van der Waals surface area contributed by atoms with Crippen molar-refractivity contribution in [2.45, 2.75) is 24.0 Å². The van der Waals surface area contributed by atoms with Crippen LogP contribution >= 0.6 is 0 Å². The van der Waals surface area contributed by atoms with Crippen LogP contribution in [0.5, 0.6) is 0 Å². The standard InChI is InChI=1S/C15H15F2NO2S/c1-2-10-3-5-11(6-4-10)9-21(19,20)15-13(16)7-12(18)8-14(15)17/h3-8H,2,9,18H2,1H3. The molecule has 0 aliphatic carbocycles. The van der Waals surface area contributed by atoms with Gasteiger partial charge in [-0.3, -0.25) is 0 Å². The zero-order chi connectivity index (χ0) is 15.6. The molecule has 0 spiro atoms. The van der Waals surface area contributed by atoms with Gasteiger partial charge in [0.05, 0.1) is 5.75 Å².